The first kappa shape index (κ1) is 22.0. The van der Waals surface area contributed by atoms with Crippen LogP contribution in [0.3, 0.4) is 0 Å². The van der Waals surface area contributed by atoms with Gasteiger partial charge in [-0.15, -0.1) is 0 Å². The molecule has 0 bridgehead atoms. The van der Waals surface area contributed by atoms with E-state index in [1.165, 1.54) is 0 Å². The zero-order chi connectivity index (χ0) is 22.6. The Morgan fingerprint density at radius 3 is 2.09 bits per heavy atom. The summed E-state index contributed by atoms with van der Waals surface area (Å²) in [6, 6.07) is 25.7. The van der Waals surface area contributed by atoms with Crippen molar-refractivity contribution < 1.29 is 13.2 Å². The Morgan fingerprint density at radius 2 is 1.44 bits per heavy atom. The lowest BCUT2D eigenvalue weighted by Gasteiger charge is -2.33. The third-order valence-electron chi connectivity index (χ3n) is 5.80. The van der Waals surface area contributed by atoms with Gasteiger partial charge in [-0.25, -0.2) is 13.1 Å². The van der Waals surface area contributed by atoms with E-state index in [2.05, 4.69) is 4.72 Å². The van der Waals surface area contributed by atoms with E-state index in [0.29, 0.717) is 31.5 Å². The molecule has 166 valence electrons. The molecule has 1 aliphatic heterocycles. The number of nitrogens with one attached hydrogen (secondary N) is 1. The lowest BCUT2D eigenvalue weighted by molar-refractivity contribution is 0.0712. The Hall–Kier alpha value is -3.16. The minimum atomic E-state index is -3.56. The molecule has 6 nitrogen and oxygen atoms in total. The molecule has 0 atom stereocenters. The van der Waals surface area contributed by atoms with Crippen LogP contribution in [0.5, 0.6) is 0 Å². The zero-order valence-electron chi connectivity index (χ0n) is 18.0. The molecule has 1 fully saturated rings. The molecule has 1 saturated heterocycles. The fourth-order valence-corrected chi connectivity index (χ4v) is 5.32. The Bertz CT molecular complexity index is 1160. The summed E-state index contributed by atoms with van der Waals surface area (Å²) < 4.78 is 28.0. The Kier molecular flexibility index (Phi) is 6.58. The molecule has 0 unspecified atom stereocenters. The van der Waals surface area contributed by atoms with Gasteiger partial charge in [0, 0.05) is 31.9 Å². The summed E-state index contributed by atoms with van der Waals surface area (Å²) in [5, 5.41) is 0. The Morgan fingerprint density at radius 1 is 0.875 bits per heavy atom. The number of hydrogen-bond acceptors (Lipinski definition) is 4. The normalized spacial score (nSPS) is 14.8. The van der Waals surface area contributed by atoms with Gasteiger partial charge in [0.2, 0.25) is 10.0 Å². The Labute approximate surface area is 189 Å². The molecule has 4 rings (SSSR count). The second-order valence-electron chi connectivity index (χ2n) is 7.91. The van der Waals surface area contributed by atoms with Crippen LogP contribution in [0.2, 0.25) is 0 Å². The summed E-state index contributed by atoms with van der Waals surface area (Å²) in [7, 11) is -1.61. The van der Waals surface area contributed by atoms with Crippen molar-refractivity contribution in [1.29, 1.82) is 0 Å². The van der Waals surface area contributed by atoms with E-state index in [-0.39, 0.29) is 16.8 Å². The monoisotopic (exact) mass is 449 g/mol. The van der Waals surface area contributed by atoms with Crippen LogP contribution in [0, 0.1) is 0 Å². The lowest BCUT2D eigenvalue weighted by atomic mass is 10.0. The van der Waals surface area contributed by atoms with Gasteiger partial charge in [0.1, 0.15) is 0 Å². The first-order valence-corrected chi connectivity index (χ1v) is 12.2. The fraction of sp³-hybridized carbons (Fsp3) is 0.240. The van der Waals surface area contributed by atoms with Gasteiger partial charge >= 0.3 is 0 Å². The zero-order valence-corrected chi connectivity index (χ0v) is 18.8. The molecule has 3 aromatic rings. The van der Waals surface area contributed by atoms with Gasteiger partial charge in [0.05, 0.1) is 16.1 Å². The van der Waals surface area contributed by atoms with Gasteiger partial charge in [-0.3, -0.25) is 4.79 Å². The number of para-hydroxylation sites is 2. The maximum absolute atomic E-state index is 13.3. The van der Waals surface area contributed by atoms with Gasteiger partial charge in [-0.2, -0.15) is 0 Å². The molecule has 1 amide bonds. The molecule has 0 aromatic heterocycles. The topological polar surface area (TPSA) is 69.7 Å². The summed E-state index contributed by atoms with van der Waals surface area (Å²) in [5.74, 6) is -0.0345. The predicted molar refractivity (Wildman–Crippen MR) is 127 cm³/mol. The lowest BCUT2D eigenvalue weighted by Crippen LogP contribution is -2.46. The third-order valence-corrected chi connectivity index (χ3v) is 7.33. The number of benzene rings is 3. The summed E-state index contributed by atoms with van der Waals surface area (Å²) in [4.78, 5) is 17.4. The number of carbonyl (C=O) groups excluding carboxylic acids is 1. The van der Waals surface area contributed by atoms with Crippen LogP contribution in [0.25, 0.3) is 0 Å². The highest BCUT2D eigenvalue weighted by atomic mass is 32.2. The van der Waals surface area contributed by atoms with E-state index in [0.717, 1.165) is 11.4 Å². The second kappa shape index (κ2) is 9.54. The number of hydrogen-bond donors (Lipinski definition) is 1. The SMILES string of the molecule is CN(c1ccccc1)c1ccccc1C(=O)N1CCC(NS(=O)(=O)c2ccccc2)CC1. The average molecular weight is 450 g/mol. The van der Waals surface area contributed by atoms with Crippen LogP contribution >= 0.6 is 0 Å². The van der Waals surface area contributed by atoms with Gasteiger partial charge in [-0.1, -0.05) is 48.5 Å². The smallest absolute Gasteiger partial charge is 0.255 e. The molecule has 0 spiro atoms. The number of sulfonamides is 1. The van der Waals surface area contributed by atoms with Crippen LogP contribution in [0.15, 0.2) is 89.8 Å². The van der Waals surface area contributed by atoms with E-state index >= 15 is 0 Å². The summed E-state index contributed by atoms with van der Waals surface area (Å²) in [6.07, 6.45) is 1.16. The molecule has 1 aliphatic rings. The van der Waals surface area contributed by atoms with Crippen LogP contribution in [0.1, 0.15) is 23.2 Å². The first-order chi connectivity index (χ1) is 15.5. The number of likely N-dealkylation sites (tertiary alicyclic amines) is 1. The van der Waals surface area contributed by atoms with Gasteiger partial charge in [-0.05, 0) is 49.2 Å². The molecule has 7 heteroatoms. The maximum Gasteiger partial charge on any atom is 0.255 e. The van der Waals surface area contributed by atoms with Gasteiger partial charge in [0.25, 0.3) is 5.91 Å². The minimum absolute atomic E-state index is 0.0345. The van der Waals surface area contributed by atoms with Crippen molar-refractivity contribution in [1.82, 2.24) is 9.62 Å². The van der Waals surface area contributed by atoms with Crippen molar-refractivity contribution in [3.63, 3.8) is 0 Å². The number of nitrogens with zero attached hydrogens (tertiary/aromatic N) is 2. The number of carbonyl (C=O) groups is 1. The quantitative estimate of drug-likeness (QED) is 0.617. The molecule has 0 saturated carbocycles. The molecule has 32 heavy (non-hydrogen) atoms. The fourth-order valence-electron chi connectivity index (χ4n) is 4.00. The van der Waals surface area contributed by atoms with Gasteiger partial charge in [0.15, 0.2) is 0 Å². The van der Waals surface area contributed by atoms with E-state index in [4.69, 9.17) is 0 Å². The first-order valence-electron chi connectivity index (χ1n) is 10.7. The van der Waals surface area contributed by atoms with E-state index in [1.54, 1.807) is 30.3 Å². The van der Waals surface area contributed by atoms with Crippen molar-refractivity contribution in [2.24, 2.45) is 0 Å². The minimum Gasteiger partial charge on any atom is -0.344 e. The van der Waals surface area contributed by atoms with Crippen molar-refractivity contribution in [2.45, 2.75) is 23.8 Å². The van der Waals surface area contributed by atoms with E-state index < -0.39 is 10.0 Å². The van der Waals surface area contributed by atoms with Crippen LogP contribution in [-0.2, 0) is 10.0 Å². The third kappa shape index (κ3) is 4.84. The van der Waals surface area contributed by atoms with Crippen molar-refractivity contribution in [3.05, 3.63) is 90.5 Å². The van der Waals surface area contributed by atoms with E-state index in [9.17, 15) is 13.2 Å². The second-order valence-corrected chi connectivity index (χ2v) is 9.63. The molecule has 1 N–H and O–H groups in total. The van der Waals surface area contributed by atoms with Crippen molar-refractivity contribution >= 4 is 27.3 Å². The molecule has 0 radical (unpaired) electrons. The molecule has 0 aliphatic carbocycles. The largest absolute Gasteiger partial charge is 0.344 e. The van der Waals surface area contributed by atoms with E-state index in [1.807, 2.05) is 71.4 Å². The standard InChI is InChI=1S/C25H27N3O3S/c1-27(21-10-4-2-5-11-21)24-15-9-8-14-23(24)25(29)28-18-16-20(17-19-28)26-32(30,31)22-12-6-3-7-13-22/h2-15,20,26H,16-19H2,1H3. The molecular formula is C25H27N3O3S. The average Bonchev–Trinajstić information content (AvgIpc) is 2.84. The highest BCUT2D eigenvalue weighted by Gasteiger charge is 2.28. The number of rotatable bonds is 6. The highest BCUT2D eigenvalue weighted by molar-refractivity contribution is 7.89. The van der Waals surface area contributed by atoms with Crippen LogP contribution < -0.4 is 9.62 Å². The van der Waals surface area contributed by atoms with Gasteiger partial charge < -0.3 is 9.80 Å². The summed E-state index contributed by atoms with van der Waals surface area (Å²) in [6.45, 7) is 1.01. The molecule has 3 aromatic carbocycles. The maximum atomic E-state index is 13.3. The van der Waals surface area contributed by atoms with Crippen LogP contribution in [-0.4, -0.2) is 45.4 Å². The summed E-state index contributed by atoms with van der Waals surface area (Å²) >= 11 is 0. The highest BCUT2D eigenvalue weighted by Crippen LogP contribution is 2.28. The summed E-state index contributed by atoms with van der Waals surface area (Å²) in [5.41, 5.74) is 2.49. The molecule has 1 heterocycles. The van der Waals surface area contributed by atoms with Crippen LogP contribution in [0.4, 0.5) is 11.4 Å². The predicted octanol–water partition coefficient (Wildman–Crippen LogP) is 4.04. The van der Waals surface area contributed by atoms with Crippen molar-refractivity contribution in [2.75, 3.05) is 25.0 Å². The molecular weight excluding hydrogens is 422 g/mol. The number of piperidine rings is 1. The Balaban J connectivity index is 1.43. The number of anilines is 2. The van der Waals surface area contributed by atoms with Crippen molar-refractivity contribution in [3.8, 4) is 0 Å². The number of amides is 1.